The first kappa shape index (κ1) is 17.5. The van der Waals surface area contributed by atoms with Crippen LogP contribution in [0.3, 0.4) is 0 Å². The molecule has 3 rings (SSSR count). The van der Waals surface area contributed by atoms with Crippen LogP contribution in [-0.2, 0) is 15.7 Å². The summed E-state index contributed by atoms with van der Waals surface area (Å²) >= 11 is 0. The van der Waals surface area contributed by atoms with Crippen molar-refractivity contribution in [2.45, 2.75) is 6.18 Å². The number of nitrogens with zero attached hydrogens (tertiary/aromatic N) is 1. The van der Waals surface area contributed by atoms with E-state index in [9.17, 15) is 22.8 Å². The summed E-state index contributed by atoms with van der Waals surface area (Å²) in [6.45, 7) is -0.744. The summed E-state index contributed by atoms with van der Waals surface area (Å²) in [5.41, 5.74) is -0.795. The number of rotatable bonds is 4. The van der Waals surface area contributed by atoms with E-state index in [0.29, 0.717) is 10.9 Å². The maximum Gasteiger partial charge on any atom is 0.418 e. The third-order valence-corrected chi connectivity index (χ3v) is 3.50. The SMILES string of the molecule is O=C(COC(=O)c1n[nH]c2ccccc12)Nc1ccccc1C(F)(F)F. The molecule has 0 fully saturated rings. The van der Waals surface area contributed by atoms with Crippen molar-refractivity contribution in [3.63, 3.8) is 0 Å². The monoisotopic (exact) mass is 363 g/mol. The van der Waals surface area contributed by atoms with E-state index in [0.717, 1.165) is 12.1 Å². The second-order valence-corrected chi connectivity index (χ2v) is 5.29. The van der Waals surface area contributed by atoms with Gasteiger partial charge in [0, 0.05) is 5.39 Å². The summed E-state index contributed by atoms with van der Waals surface area (Å²) < 4.78 is 43.5. The Morgan fingerprint density at radius 1 is 1.08 bits per heavy atom. The van der Waals surface area contributed by atoms with Crippen molar-refractivity contribution in [1.29, 1.82) is 0 Å². The van der Waals surface area contributed by atoms with Gasteiger partial charge in [-0.1, -0.05) is 30.3 Å². The van der Waals surface area contributed by atoms with Crippen LogP contribution in [0, 0.1) is 0 Å². The summed E-state index contributed by atoms with van der Waals surface area (Å²) in [4.78, 5) is 23.9. The fraction of sp³-hybridized carbons (Fsp3) is 0.118. The largest absolute Gasteiger partial charge is 0.451 e. The molecule has 6 nitrogen and oxygen atoms in total. The molecule has 0 spiro atoms. The number of carbonyl (C=O) groups is 2. The number of hydrogen-bond donors (Lipinski definition) is 2. The molecule has 134 valence electrons. The number of H-pyrrole nitrogens is 1. The van der Waals surface area contributed by atoms with E-state index >= 15 is 0 Å². The fourth-order valence-electron chi connectivity index (χ4n) is 2.34. The van der Waals surface area contributed by atoms with Crippen molar-refractivity contribution in [1.82, 2.24) is 10.2 Å². The highest BCUT2D eigenvalue weighted by molar-refractivity contribution is 6.03. The van der Waals surface area contributed by atoms with Crippen LogP contribution in [0.15, 0.2) is 48.5 Å². The number of para-hydroxylation sites is 2. The van der Waals surface area contributed by atoms with Gasteiger partial charge >= 0.3 is 12.1 Å². The minimum Gasteiger partial charge on any atom is -0.451 e. The van der Waals surface area contributed by atoms with Gasteiger partial charge in [-0.05, 0) is 18.2 Å². The molecule has 0 aliphatic heterocycles. The predicted octanol–water partition coefficient (Wildman–Crippen LogP) is 3.38. The second kappa shape index (κ2) is 6.87. The molecule has 0 unspecified atom stereocenters. The Hall–Kier alpha value is -3.36. The van der Waals surface area contributed by atoms with Gasteiger partial charge in [0.15, 0.2) is 12.3 Å². The van der Waals surface area contributed by atoms with Gasteiger partial charge in [0.2, 0.25) is 0 Å². The molecule has 0 saturated carbocycles. The number of fused-ring (bicyclic) bond motifs is 1. The van der Waals surface area contributed by atoms with Crippen LogP contribution < -0.4 is 5.32 Å². The van der Waals surface area contributed by atoms with E-state index in [1.54, 1.807) is 24.3 Å². The van der Waals surface area contributed by atoms with Gasteiger partial charge in [0.1, 0.15) is 0 Å². The Kier molecular flexibility index (Phi) is 4.61. The van der Waals surface area contributed by atoms with Crippen molar-refractivity contribution in [3.8, 4) is 0 Å². The van der Waals surface area contributed by atoms with Crippen LogP contribution in [-0.4, -0.2) is 28.7 Å². The molecule has 1 aromatic heterocycles. The maximum atomic E-state index is 12.9. The molecule has 0 radical (unpaired) electrons. The molecule has 1 amide bonds. The van der Waals surface area contributed by atoms with Gasteiger partial charge in [0.25, 0.3) is 5.91 Å². The number of alkyl halides is 3. The molecule has 0 saturated heterocycles. The summed E-state index contributed by atoms with van der Waals surface area (Å²) in [5.74, 6) is -1.75. The number of hydrogen-bond acceptors (Lipinski definition) is 4. The average Bonchev–Trinajstić information content (AvgIpc) is 3.03. The highest BCUT2D eigenvalue weighted by Gasteiger charge is 2.33. The molecule has 2 N–H and O–H groups in total. The molecule has 26 heavy (non-hydrogen) atoms. The molecule has 0 aliphatic rings. The number of nitrogens with one attached hydrogen (secondary N) is 2. The van der Waals surface area contributed by atoms with Gasteiger partial charge in [-0.3, -0.25) is 9.89 Å². The normalized spacial score (nSPS) is 11.3. The van der Waals surface area contributed by atoms with E-state index in [1.165, 1.54) is 12.1 Å². The van der Waals surface area contributed by atoms with Gasteiger partial charge in [-0.2, -0.15) is 18.3 Å². The second-order valence-electron chi connectivity index (χ2n) is 5.29. The fourth-order valence-corrected chi connectivity index (χ4v) is 2.34. The van der Waals surface area contributed by atoms with E-state index in [2.05, 4.69) is 15.5 Å². The zero-order valence-corrected chi connectivity index (χ0v) is 13.1. The Morgan fingerprint density at radius 2 is 1.77 bits per heavy atom. The van der Waals surface area contributed by atoms with Gasteiger partial charge < -0.3 is 10.1 Å². The number of carbonyl (C=O) groups excluding carboxylic acids is 2. The number of halogens is 3. The lowest BCUT2D eigenvalue weighted by molar-refractivity contribution is -0.137. The number of amides is 1. The van der Waals surface area contributed by atoms with E-state index in [4.69, 9.17) is 4.74 Å². The third-order valence-electron chi connectivity index (χ3n) is 3.50. The average molecular weight is 363 g/mol. The summed E-state index contributed by atoms with van der Waals surface area (Å²) in [7, 11) is 0. The van der Waals surface area contributed by atoms with E-state index in [-0.39, 0.29) is 5.69 Å². The van der Waals surface area contributed by atoms with Crippen LogP contribution in [0.2, 0.25) is 0 Å². The molecule has 2 aromatic carbocycles. The molecule has 9 heteroatoms. The van der Waals surface area contributed by atoms with Crippen LogP contribution in [0.1, 0.15) is 16.1 Å². The number of aromatic nitrogens is 2. The van der Waals surface area contributed by atoms with Crippen LogP contribution >= 0.6 is 0 Å². The van der Waals surface area contributed by atoms with Gasteiger partial charge in [-0.15, -0.1) is 0 Å². The highest BCUT2D eigenvalue weighted by Crippen LogP contribution is 2.34. The Labute approximate surface area is 145 Å². The van der Waals surface area contributed by atoms with Crippen molar-refractivity contribution in [2.75, 3.05) is 11.9 Å². The summed E-state index contributed by atoms with van der Waals surface area (Å²) in [5, 5.41) is 9.07. The van der Waals surface area contributed by atoms with E-state index < -0.39 is 35.9 Å². The van der Waals surface area contributed by atoms with Crippen molar-refractivity contribution in [3.05, 3.63) is 59.8 Å². The lowest BCUT2D eigenvalue weighted by atomic mass is 10.1. The van der Waals surface area contributed by atoms with Crippen LogP contribution in [0.25, 0.3) is 10.9 Å². The zero-order valence-electron chi connectivity index (χ0n) is 13.1. The summed E-state index contributed by atoms with van der Waals surface area (Å²) in [6, 6.07) is 11.3. The molecule has 0 atom stereocenters. The van der Waals surface area contributed by atoms with Gasteiger partial charge in [-0.25, -0.2) is 4.79 Å². The highest BCUT2D eigenvalue weighted by atomic mass is 19.4. The number of esters is 1. The van der Waals surface area contributed by atoms with E-state index in [1.807, 2.05) is 0 Å². The number of aromatic amines is 1. The Morgan fingerprint density at radius 3 is 2.54 bits per heavy atom. The lowest BCUT2D eigenvalue weighted by Gasteiger charge is -2.13. The Balaban J connectivity index is 1.66. The first-order valence-electron chi connectivity index (χ1n) is 7.42. The molecule has 3 aromatic rings. The third kappa shape index (κ3) is 3.66. The van der Waals surface area contributed by atoms with Crippen molar-refractivity contribution >= 4 is 28.5 Å². The first-order chi connectivity index (χ1) is 12.4. The lowest BCUT2D eigenvalue weighted by Crippen LogP contribution is -2.23. The van der Waals surface area contributed by atoms with Gasteiger partial charge in [0.05, 0.1) is 16.8 Å². The predicted molar refractivity (Wildman–Crippen MR) is 86.4 cm³/mol. The minimum atomic E-state index is -4.62. The summed E-state index contributed by atoms with van der Waals surface area (Å²) in [6.07, 6.45) is -4.62. The number of benzene rings is 2. The zero-order chi connectivity index (χ0) is 18.7. The minimum absolute atomic E-state index is 0.0101. The van der Waals surface area contributed by atoms with Crippen molar-refractivity contribution < 1.29 is 27.5 Å². The van der Waals surface area contributed by atoms with Crippen LogP contribution in [0.5, 0.6) is 0 Å². The molecule has 0 aliphatic carbocycles. The number of anilines is 1. The standard InChI is InChI=1S/C17H12F3N3O3/c18-17(19,20)11-6-2-4-8-13(11)21-14(24)9-26-16(25)15-10-5-1-3-7-12(10)22-23-15/h1-8H,9H2,(H,21,24)(H,22,23). The number of ether oxygens (including phenoxy) is 1. The maximum absolute atomic E-state index is 12.9. The smallest absolute Gasteiger partial charge is 0.418 e. The molecular weight excluding hydrogens is 351 g/mol. The molecule has 1 heterocycles. The van der Waals surface area contributed by atoms with Crippen LogP contribution in [0.4, 0.5) is 18.9 Å². The molecule has 0 bridgehead atoms. The van der Waals surface area contributed by atoms with Crippen molar-refractivity contribution in [2.24, 2.45) is 0 Å². The first-order valence-corrected chi connectivity index (χ1v) is 7.42. The quantitative estimate of drug-likeness (QED) is 0.696. The topological polar surface area (TPSA) is 84.1 Å². The molecular formula is C17H12F3N3O3. The Bertz CT molecular complexity index is 966.